The molecule has 0 bridgehead atoms. The lowest BCUT2D eigenvalue weighted by Gasteiger charge is -2.18. The number of esters is 3. The van der Waals surface area contributed by atoms with E-state index in [1.54, 1.807) is 0 Å². The van der Waals surface area contributed by atoms with Crippen molar-refractivity contribution in [3.05, 3.63) is 72.9 Å². The van der Waals surface area contributed by atoms with Gasteiger partial charge < -0.3 is 14.2 Å². The van der Waals surface area contributed by atoms with Crippen LogP contribution in [0.2, 0.25) is 0 Å². The van der Waals surface area contributed by atoms with Gasteiger partial charge in [-0.15, -0.1) is 0 Å². The Kier molecular flexibility index (Phi) is 59.7. The van der Waals surface area contributed by atoms with Crippen LogP contribution < -0.4 is 0 Å². The second kappa shape index (κ2) is 62.4. The van der Waals surface area contributed by atoms with Gasteiger partial charge in [-0.25, -0.2) is 0 Å². The molecule has 0 fully saturated rings. The molecule has 0 amide bonds. The van der Waals surface area contributed by atoms with Crippen molar-refractivity contribution in [1.29, 1.82) is 0 Å². The van der Waals surface area contributed by atoms with Crippen LogP contribution >= 0.6 is 0 Å². The van der Waals surface area contributed by atoms with E-state index in [2.05, 4.69) is 93.7 Å². The molecular formula is C68H120O6. The van der Waals surface area contributed by atoms with Gasteiger partial charge in [0.1, 0.15) is 13.2 Å². The lowest BCUT2D eigenvalue weighted by molar-refractivity contribution is -0.167. The van der Waals surface area contributed by atoms with E-state index in [-0.39, 0.29) is 31.1 Å². The maximum atomic E-state index is 12.9. The van der Waals surface area contributed by atoms with Crippen LogP contribution in [0, 0.1) is 0 Å². The molecule has 0 aliphatic carbocycles. The topological polar surface area (TPSA) is 78.9 Å². The Morgan fingerprint density at radius 3 is 0.838 bits per heavy atom. The Hall–Kier alpha value is -3.15. The Bertz CT molecular complexity index is 1370. The number of carbonyl (C=O) groups is 3. The van der Waals surface area contributed by atoms with Crippen LogP contribution in [0.15, 0.2) is 72.9 Å². The monoisotopic (exact) mass is 1030 g/mol. The van der Waals surface area contributed by atoms with Crippen molar-refractivity contribution in [3.8, 4) is 0 Å². The first kappa shape index (κ1) is 70.8. The highest BCUT2D eigenvalue weighted by Crippen LogP contribution is 2.17. The smallest absolute Gasteiger partial charge is 0.306 e. The van der Waals surface area contributed by atoms with Crippen LogP contribution in [-0.2, 0) is 28.6 Å². The van der Waals surface area contributed by atoms with Crippen LogP contribution in [-0.4, -0.2) is 37.2 Å². The fourth-order valence-electron chi connectivity index (χ4n) is 9.17. The van der Waals surface area contributed by atoms with E-state index < -0.39 is 6.10 Å². The summed E-state index contributed by atoms with van der Waals surface area (Å²) in [5, 5.41) is 0. The summed E-state index contributed by atoms with van der Waals surface area (Å²) in [7, 11) is 0. The highest BCUT2D eigenvalue weighted by atomic mass is 16.6. The largest absolute Gasteiger partial charge is 0.462 e. The number of hydrogen-bond acceptors (Lipinski definition) is 6. The SMILES string of the molecule is CC/C=C\C/C=C\C/C=C\CCCCCC(=O)OCC(COC(=O)CCCCCCCCCCCCCCCC/C=C\C/C=C\C/C=C\CCCCCCC)OC(=O)CCCCCCCCCCCCCCCC. The van der Waals surface area contributed by atoms with Gasteiger partial charge in [0.15, 0.2) is 6.10 Å². The number of allylic oxidation sites excluding steroid dienone is 12. The Balaban J connectivity index is 4.20. The maximum absolute atomic E-state index is 12.9. The van der Waals surface area contributed by atoms with E-state index in [0.29, 0.717) is 19.3 Å². The van der Waals surface area contributed by atoms with Gasteiger partial charge in [0, 0.05) is 19.3 Å². The van der Waals surface area contributed by atoms with Crippen molar-refractivity contribution in [1.82, 2.24) is 0 Å². The summed E-state index contributed by atoms with van der Waals surface area (Å²) < 4.78 is 16.9. The molecule has 0 saturated heterocycles. The third-order valence-electron chi connectivity index (χ3n) is 13.9. The third kappa shape index (κ3) is 59.7. The predicted molar refractivity (Wildman–Crippen MR) is 321 cm³/mol. The average molecular weight is 1030 g/mol. The zero-order chi connectivity index (χ0) is 53.6. The van der Waals surface area contributed by atoms with Gasteiger partial charge in [-0.1, -0.05) is 286 Å². The molecule has 0 aliphatic heterocycles. The minimum atomic E-state index is -0.785. The number of carbonyl (C=O) groups excluding carboxylic acids is 3. The maximum Gasteiger partial charge on any atom is 0.306 e. The number of ether oxygens (including phenoxy) is 3. The van der Waals surface area contributed by atoms with Gasteiger partial charge >= 0.3 is 17.9 Å². The molecule has 6 heteroatoms. The van der Waals surface area contributed by atoms with Gasteiger partial charge in [0.05, 0.1) is 0 Å². The summed E-state index contributed by atoms with van der Waals surface area (Å²) in [5.74, 6) is -0.899. The summed E-state index contributed by atoms with van der Waals surface area (Å²) >= 11 is 0. The highest BCUT2D eigenvalue weighted by molar-refractivity contribution is 5.71. The van der Waals surface area contributed by atoms with Crippen molar-refractivity contribution in [3.63, 3.8) is 0 Å². The molecule has 0 rings (SSSR count). The van der Waals surface area contributed by atoms with E-state index in [1.165, 1.54) is 186 Å². The Morgan fingerprint density at radius 2 is 0.527 bits per heavy atom. The molecule has 0 saturated carbocycles. The van der Waals surface area contributed by atoms with Crippen LogP contribution in [0.3, 0.4) is 0 Å². The number of rotatable bonds is 58. The van der Waals surface area contributed by atoms with Crippen molar-refractivity contribution < 1.29 is 28.6 Å². The first-order valence-electron chi connectivity index (χ1n) is 31.9. The zero-order valence-electron chi connectivity index (χ0n) is 49.1. The van der Waals surface area contributed by atoms with Crippen LogP contribution in [0.25, 0.3) is 0 Å². The fourth-order valence-corrected chi connectivity index (χ4v) is 9.17. The standard InChI is InChI=1S/C68H120O6/c1-4-7-10-13-16-19-22-25-27-28-29-30-31-32-33-34-35-36-37-38-39-40-41-44-46-49-52-55-58-61-67(70)73-64-65(63-72-66(69)60-57-54-51-48-45-42-24-21-18-15-12-9-6-3)74-68(71)62-59-56-53-50-47-43-26-23-20-17-14-11-8-5-2/h9,12,18,21-22,25,28-29,31-32,42,45,65H,4-8,10-11,13-17,19-20,23-24,26-27,30,33-41,43-44,46-64H2,1-3H3/b12-9-,21-18-,25-22-,29-28-,32-31-,45-42-. The molecule has 1 atom stereocenters. The molecular weight excluding hydrogens is 913 g/mol. The van der Waals surface area contributed by atoms with Crippen molar-refractivity contribution in [2.24, 2.45) is 0 Å². The molecule has 1 unspecified atom stereocenters. The lowest BCUT2D eigenvalue weighted by atomic mass is 10.0. The molecule has 0 radical (unpaired) electrons. The zero-order valence-corrected chi connectivity index (χ0v) is 49.1. The van der Waals surface area contributed by atoms with Gasteiger partial charge in [-0.05, 0) is 89.9 Å². The molecule has 0 aromatic heterocycles. The van der Waals surface area contributed by atoms with E-state index in [1.807, 2.05) is 0 Å². The second-order valence-electron chi connectivity index (χ2n) is 21.3. The lowest BCUT2D eigenvalue weighted by Crippen LogP contribution is -2.30. The molecule has 0 aliphatic rings. The van der Waals surface area contributed by atoms with Crippen molar-refractivity contribution >= 4 is 17.9 Å². The quantitative estimate of drug-likeness (QED) is 0.0261. The minimum Gasteiger partial charge on any atom is -0.462 e. The molecule has 0 heterocycles. The first-order valence-corrected chi connectivity index (χ1v) is 31.9. The van der Waals surface area contributed by atoms with E-state index in [0.717, 1.165) is 96.3 Å². The van der Waals surface area contributed by atoms with Gasteiger partial charge in [-0.2, -0.15) is 0 Å². The minimum absolute atomic E-state index is 0.0819. The normalized spacial score (nSPS) is 12.5. The molecule has 428 valence electrons. The summed E-state index contributed by atoms with van der Waals surface area (Å²) in [5.41, 5.74) is 0. The van der Waals surface area contributed by atoms with Gasteiger partial charge in [-0.3, -0.25) is 14.4 Å². The Morgan fingerprint density at radius 1 is 0.284 bits per heavy atom. The molecule has 0 aromatic carbocycles. The first-order chi connectivity index (χ1) is 36.5. The summed E-state index contributed by atoms with van der Waals surface area (Å²) in [6.45, 7) is 6.52. The average Bonchev–Trinajstić information content (AvgIpc) is 3.40. The van der Waals surface area contributed by atoms with Crippen LogP contribution in [0.1, 0.15) is 323 Å². The molecule has 0 N–H and O–H groups in total. The van der Waals surface area contributed by atoms with Crippen molar-refractivity contribution in [2.75, 3.05) is 13.2 Å². The number of hydrogen-bond donors (Lipinski definition) is 0. The molecule has 0 spiro atoms. The summed E-state index contributed by atoms with van der Waals surface area (Å²) in [6.07, 6.45) is 80.6. The third-order valence-corrected chi connectivity index (χ3v) is 13.9. The molecule has 0 aromatic rings. The van der Waals surface area contributed by atoms with Crippen LogP contribution in [0.4, 0.5) is 0 Å². The fraction of sp³-hybridized carbons (Fsp3) is 0.779. The van der Waals surface area contributed by atoms with Crippen molar-refractivity contribution in [2.45, 2.75) is 329 Å². The van der Waals surface area contributed by atoms with Gasteiger partial charge in [0.2, 0.25) is 0 Å². The van der Waals surface area contributed by atoms with E-state index >= 15 is 0 Å². The van der Waals surface area contributed by atoms with Crippen LogP contribution in [0.5, 0.6) is 0 Å². The Labute approximate surface area is 459 Å². The second-order valence-corrected chi connectivity index (χ2v) is 21.3. The van der Waals surface area contributed by atoms with E-state index in [9.17, 15) is 14.4 Å². The number of unbranched alkanes of at least 4 members (excludes halogenated alkanes) is 35. The molecule has 6 nitrogen and oxygen atoms in total. The molecule has 74 heavy (non-hydrogen) atoms. The summed E-state index contributed by atoms with van der Waals surface area (Å²) in [4.78, 5) is 38.2. The highest BCUT2D eigenvalue weighted by Gasteiger charge is 2.19. The van der Waals surface area contributed by atoms with E-state index in [4.69, 9.17) is 14.2 Å². The summed E-state index contributed by atoms with van der Waals surface area (Å²) in [6, 6.07) is 0. The predicted octanol–water partition coefficient (Wildman–Crippen LogP) is 21.7. The van der Waals surface area contributed by atoms with Gasteiger partial charge in [0.25, 0.3) is 0 Å².